The van der Waals surface area contributed by atoms with Gasteiger partial charge in [0.05, 0.1) is 0 Å². The lowest BCUT2D eigenvalue weighted by Gasteiger charge is -2.07. The molecule has 0 heterocycles. The maximum absolute atomic E-state index is 3.55. The van der Waals surface area contributed by atoms with Crippen molar-refractivity contribution in [2.24, 2.45) is 0 Å². The Morgan fingerprint density at radius 3 is 1.62 bits per heavy atom. The lowest BCUT2D eigenvalue weighted by Crippen LogP contribution is -2.25. The molecule has 0 radical (unpaired) electrons. The highest BCUT2D eigenvalue weighted by atomic mass is 14.9. The van der Waals surface area contributed by atoms with Crippen molar-refractivity contribution in [2.75, 3.05) is 39.3 Å². The first-order valence-electron chi connectivity index (χ1n) is 10.0. The van der Waals surface area contributed by atoms with Crippen LogP contribution in [-0.2, 0) is 0 Å². The number of hydrogen-bond donors (Lipinski definition) is 3. The second-order valence-corrected chi connectivity index (χ2v) is 7.18. The average molecular weight is 338 g/mol. The standard InChI is InChI=1S/C21H43N3/c1-20(2)12-8-6-5-7-9-14-22-15-10-16-23-17-11-18-24-19-13-21(3)4/h12-13,22-24H,5-11,14-19H2,1-4H3. The van der Waals surface area contributed by atoms with E-state index in [2.05, 4.69) is 55.8 Å². The fraction of sp³-hybridized carbons (Fsp3) is 0.810. The first kappa shape index (κ1) is 23.4. The van der Waals surface area contributed by atoms with Crippen molar-refractivity contribution in [2.45, 2.75) is 72.6 Å². The van der Waals surface area contributed by atoms with Gasteiger partial charge in [-0.3, -0.25) is 0 Å². The molecule has 0 atom stereocenters. The van der Waals surface area contributed by atoms with E-state index in [1.165, 1.54) is 62.6 Å². The zero-order valence-electron chi connectivity index (χ0n) is 16.8. The SMILES string of the molecule is CC(C)=CCCCCCCNCCCNCCCNCC=C(C)C. The van der Waals surface area contributed by atoms with Gasteiger partial charge >= 0.3 is 0 Å². The third kappa shape index (κ3) is 21.4. The molecule has 0 bridgehead atoms. The van der Waals surface area contributed by atoms with Crippen molar-refractivity contribution in [3.63, 3.8) is 0 Å². The highest BCUT2D eigenvalue weighted by Crippen LogP contribution is 2.04. The molecule has 0 spiro atoms. The number of allylic oxidation sites excluding steroid dienone is 3. The van der Waals surface area contributed by atoms with Crippen LogP contribution in [0.25, 0.3) is 0 Å². The third-order valence-corrected chi connectivity index (χ3v) is 3.93. The van der Waals surface area contributed by atoms with Crippen molar-refractivity contribution >= 4 is 0 Å². The highest BCUT2D eigenvalue weighted by Gasteiger charge is 1.92. The van der Waals surface area contributed by atoms with E-state index >= 15 is 0 Å². The Balaban J connectivity index is 3.05. The molecule has 24 heavy (non-hydrogen) atoms. The monoisotopic (exact) mass is 337 g/mol. The smallest absolute Gasteiger partial charge is 0.0137 e. The van der Waals surface area contributed by atoms with E-state index in [9.17, 15) is 0 Å². The molecule has 0 aliphatic rings. The summed E-state index contributed by atoms with van der Waals surface area (Å²) in [7, 11) is 0. The maximum Gasteiger partial charge on any atom is 0.0137 e. The summed E-state index contributed by atoms with van der Waals surface area (Å²) in [6.45, 7) is 15.3. The van der Waals surface area contributed by atoms with Crippen LogP contribution in [0.2, 0.25) is 0 Å². The summed E-state index contributed by atoms with van der Waals surface area (Å²) in [5.41, 5.74) is 2.84. The second-order valence-electron chi connectivity index (χ2n) is 7.18. The van der Waals surface area contributed by atoms with Crippen molar-refractivity contribution < 1.29 is 0 Å². The summed E-state index contributed by atoms with van der Waals surface area (Å²) in [6, 6.07) is 0. The molecule has 0 saturated heterocycles. The molecule has 3 N–H and O–H groups in total. The van der Waals surface area contributed by atoms with Crippen molar-refractivity contribution in [3.05, 3.63) is 23.3 Å². The van der Waals surface area contributed by atoms with E-state index in [0.717, 1.165) is 32.7 Å². The van der Waals surface area contributed by atoms with E-state index in [4.69, 9.17) is 0 Å². The minimum Gasteiger partial charge on any atom is -0.317 e. The summed E-state index contributed by atoms with van der Waals surface area (Å²) in [6.07, 6.45) is 13.7. The van der Waals surface area contributed by atoms with Crippen molar-refractivity contribution in [1.82, 2.24) is 16.0 Å². The van der Waals surface area contributed by atoms with Crippen LogP contribution in [-0.4, -0.2) is 39.3 Å². The van der Waals surface area contributed by atoms with Crippen molar-refractivity contribution in [3.8, 4) is 0 Å². The molecule has 142 valence electrons. The lowest BCUT2D eigenvalue weighted by atomic mass is 10.1. The van der Waals surface area contributed by atoms with Crippen LogP contribution in [0.1, 0.15) is 72.6 Å². The molecule has 0 fully saturated rings. The van der Waals surface area contributed by atoms with Gasteiger partial charge in [0.2, 0.25) is 0 Å². The van der Waals surface area contributed by atoms with E-state index < -0.39 is 0 Å². The summed E-state index contributed by atoms with van der Waals surface area (Å²) in [5.74, 6) is 0. The fourth-order valence-corrected chi connectivity index (χ4v) is 2.44. The van der Waals surface area contributed by atoms with Gasteiger partial charge in [0.15, 0.2) is 0 Å². The second kappa shape index (κ2) is 18.7. The molecule has 0 amide bonds. The van der Waals surface area contributed by atoms with Crippen LogP contribution in [0, 0.1) is 0 Å². The van der Waals surface area contributed by atoms with Crippen molar-refractivity contribution in [1.29, 1.82) is 0 Å². The van der Waals surface area contributed by atoms with Gasteiger partial charge in [0, 0.05) is 6.54 Å². The molecule has 0 aromatic rings. The number of nitrogens with one attached hydrogen (secondary N) is 3. The molecular weight excluding hydrogens is 294 g/mol. The largest absolute Gasteiger partial charge is 0.317 e. The summed E-state index contributed by atoms with van der Waals surface area (Å²) >= 11 is 0. The molecule has 0 unspecified atom stereocenters. The van der Waals surface area contributed by atoms with Gasteiger partial charge in [-0.25, -0.2) is 0 Å². The third-order valence-electron chi connectivity index (χ3n) is 3.93. The van der Waals surface area contributed by atoms with Gasteiger partial charge in [0.1, 0.15) is 0 Å². The topological polar surface area (TPSA) is 36.1 Å². The Bertz CT molecular complexity index is 281. The van der Waals surface area contributed by atoms with Crippen LogP contribution in [0.5, 0.6) is 0 Å². The molecule has 0 aromatic carbocycles. The number of hydrogen-bond acceptors (Lipinski definition) is 3. The quantitative estimate of drug-likeness (QED) is 0.272. The summed E-state index contributed by atoms with van der Waals surface area (Å²) in [5, 5.41) is 10.5. The predicted molar refractivity (Wildman–Crippen MR) is 110 cm³/mol. The summed E-state index contributed by atoms with van der Waals surface area (Å²) in [4.78, 5) is 0. The maximum atomic E-state index is 3.55. The zero-order valence-corrected chi connectivity index (χ0v) is 16.8. The van der Waals surface area contributed by atoms with Crippen LogP contribution in [0.15, 0.2) is 23.3 Å². The number of rotatable bonds is 17. The summed E-state index contributed by atoms with van der Waals surface area (Å²) < 4.78 is 0. The van der Waals surface area contributed by atoms with Gasteiger partial charge < -0.3 is 16.0 Å². The van der Waals surface area contributed by atoms with Gasteiger partial charge in [0.25, 0.3) is 0 Å². The molecule has 0 rings (SSSR count). The van der Waals surface area contributed by atoms with Gasteiger partial charge in [-0.1, -0.05) is 36.1 Å². The Kier molecular flexibility index (Phi) is 18.2. The molecule has 0 aliphatic heterocycles. The Hall–Kier alpha value is -0.640. The number of unbranched alkanes of at least 4 members (excludes halogenated alkanes) is 4. The minimum atomic E-state index is 1.00. The van der Waals surface area contributed by atoms with Gasteiger partial charge in [-0.05, 0) is 92.5 Å². The lowest BCUT2D eigenvalue weighted by molar-refractivity contribution is 0.552. The van der Waals surface area contributed by atoms with Crippen LogP contribution < -0.4 is 16.0 Å². The zero-order chi connectivity index (χ0) is 17.9. The first-order chi connectivity index (χ1) is 11.6. The van der Waals surface area contributed by atoms with Crippen LogP contribution >= 0.6 is 0 Å². The highest BCUT2D eigenvalue weighted by molar-refractivity contribution is 4.94. The molecule has 3 heteroatoms. The Morgan fingerprint density at radius 2 is 1.04 bits per heavy atom. The van der Waals surface area contributed by atoms with Crippen LogP contribution in [0.3, 0.4) is 0 Å². The fourth-order valence-electron chi connectivity index (χ4n) is 2.44. The van der Waals surface area contributed by atoms with E-state index in [1.807, 2.05) is 0 Å². The molecule has 0 aromatic heterocycles. The molecule has 0 aliphatic carbocycles. The predicted octanol–water partition coefficient (Wildman–Crippen LogP) is 4.42. The molecular formula is C21H43N3. The van der Waals surface area contributed by atoms with E-state index in [1.54, 1.807) is 0 Å². The first-order valence-corrected chi connectivity index (χ1v) is 10.0. The average Bonchev–Trinajstić information content (AvgIpc) is 2.53. The normalized spacial score (nSPS) is 10.7. The van der Waals surface area contributed by atoms with E-state index in [0.29, 0.717) is 0 Å². The van der Waals surface area contributed by atoms with Gasteiger partial charge in [-0.2, -0.15) is 0 Å². The Morgan fingerprint density at radius 1 is 0.542 bits per heavy atom. The van der Waals surface area contributed by atoms with Crippen LogP contribution in [0.4, 0.5) is 0 Å². The molecule has 0 saturated carbocycles. The Labute approximate surface area is 151 Å². The minimum absolute atomic E-state index is 1.00. The molecule has 3 nitrogen and oxygen atoms in total. The van der Waals surface area contributed by atoms with E-state index in [-0.39, 0.29) is 0 Å². The van der Waals surface area contributed by atoms with Gasteiger partial charge in [-0.15, -0.1) is 0 Å².